The van der Waals surface area contributed by atoms with Gasteiger partial charge in [-0.05, 0) is 18.8 Å². The van der Waals surface area contributed by atoms with Crippen LogP contribution < -0.4 is 0 Å². The van der Waals surface area contributed by atoms with Crippen molar-refractivity contribution in [3.05, 3.63) is 0 Å². The van der Waals surface area contributed by atoms with Gasteiger partial charge in [-0.25, -0.2) is 0 Å². The molecule has 1 N–H and O–H groups in total. The molecule has 0 aromatic heterocycles. The predicted molar refractivity (Wildman–Crippen MR) is 81.9 cm³/mol. The SMILES string of the molecule is CCCCCCCCC[C@@H](O)C[C@H](C)CCCC. The second-order valence-electron chi connectivity index (χ2n) is 6.05. The van der Waals surface area contributed by atoms with Crippen LogP contribution >= 0.6 is 0 Å². The number of unbranched alkanes of at least 4 members (excludes halogenated alkanes) is 7. The zero-order valence-electron chi connectivity index (χ0n) is 13.1. The molecule has 0 fully saturated rings. The average molecular weight is 256 g/mol. The zero-order valence-corrected chi connectivity index (χ0v) is 13.1. The van der Waals surface area contributed by atoms with Crippen LogP contribution in [0.1, 0.15) is 97.8 Å². The van der Waals surface area contributed by atoms with Gasteiger partial charge >= 0.3 is 0 Å². The molecule has 2 atom stereocenters. The van der Waals surface area contributed by atoms with Gasteiger partial charge < -0.3 is 5.11 Å². The quantitative estimate of drug-likeness (QED) is 0.419. The summed E-state index contributed by atoms with van der Waals surface area (Å²) in [6, 6.07) is 0. The highest BCUT2D eigenvalue weighted by Gasteiger charge is 2.09. The fourth-order valence-electron chi connectivity index (χ4n) is 2.59. The van der Waals surface area contributed by atoms with Crippen LogP contribution in [0.15, 0.2) is 0 Å². The predicted octanol–water partition coefficient (Wildman–Crippen LogP) is 5.70. The summed E-state index contributed by atoms with van der Waals surface area (Å²) < 4.78 is 0. The number of aliphatic hydroxyl groups excluding tert-OH is 1. The van der Waals surface area contributed by atoms with Crippen LogP contribution in [0.25, 0.3) is 0 Å². The van der Waals surface area contributed by atoms with E-state index in [1.807, 2.05) is 0 Å². The first-order chi connectivity index (χ1) is 8.70. The summed E-state index contributed by atoms with van der Waals surface area (Å²) in [5.74, 6) is 0.699. The number of rotatable bonds is 13. The lowest BCUT2D eigenvalue weighted by Gasteiger charge is -2.16. The van der Waals surface area contributed by atoms with E-state index in [1.54, 1.807) is 0 Å². The van der Waals surface area contributed by atoms with Gasteiger partial charge in [0.2, 0.25) is 0 Å². The van der Waals surface area contributed by atoms with Gasteiger partial charge in [0.25, 0.3) is 0 Å². The van der Waals surface area contributed by atoms with E-state index in [0.717, 1.165) is 12.8 Å². The number of hydrogen-bond acceptors (Lipinski definition) is 1. The van der Waals surface area contributed by atoms with E-state index in [-0.39, 0.29) is 6.10 Å². The maximum atomic E-state index is 9.96. The van der Waals surface area contributed by atoms with E-state index in [0.29, 0.717) is 5.92 Å². The summed E-state index contributed by atoms with van der Waals surface area (Å²) in [6.07, 6.45) is 15.2. The van der Waals surface area contributed by atoms with Gasteiger partial charge in [-0.2, -0.15) is 0 Å². The van der Waals surface area contributed by atoms with Gasteiger partial charge in [0, 0.05) is 0 Å². The van der Waals surface area contributed by atoms with Crippen molar-refractivity contribution in [1.29, 1.82) is 0 Å². The molecule has 0 radical (unpaired) electrons. The molecule has 0 saturated heterocycles. The Labute approximate surface area is 115 Å². The summed E-state index contributed by atoms with van der Waals surface area (Å²) in [7, 11) is 0. The third-order valence-electron chi connectivity index (χ3n) is 3.87. The van der Waals surface area contributed by atoms with Gasteiger partial charge in [-0.1, -0.05) is 85.0 Å². The molecular formula is C17H36O. The lowest BCUT2D eigenvalue weighted by molar-refractivity contribution is 0.130. The molecule has 18 heavy (non-hydrogen) atoms. The first-order valence-corrected chi connectivity index (χ1v) is 8.38. The fourth-order valence-corrected chi connectivity index (χ4v) is 2.59. The minimum Gasteiger partial charge on any atom is -0.393 e. The van der Waals surface area contributed by atoms with Gasteiger partial charge in [0.05, 0.1) is 6.10 Å². The lowest BCUT2D eigenvalue weighted by Crippen LogP contribution is -2.11. The van der Waals surface area contributed by atoms with E-state index in [1.165, 1.54) is 64.2 Å². The molecule has 0 aliphatic carbocycles. The van der Waals surface area contributed by atoms with Gasteiger partial charge in [-0.15, -0.1) is 0 Å². The van der Waals surface area contributed by atoms with Crippen LogP contribution in [-0.2, 0) is 0 Å². The Morgan fingerprint density at radius 2 is 1.28 bits per heavy atom. The average Bonchev–Trinajstić information content (AvgIpc) is 2.35. The molecule has 110 valence electrons. The maximum Gasteiger partial charge on any atom is 0.0542 e. The van der Waals surface area contributed by atoms with E-state index in [2.05, 4.69) is 20.8 Å². The Hall–Kier alpha value is -0.0400. The number of aliphatic hydroxyl groups is 1. The van der Waals surface area contributed by atoms with Crippen LogP contribution in [0, 0.1) is 5.92 Å². The monoisotopic (exact) mass is 256 g/mol. The maximum absolute atomic E-state index is 9.96. The molecule has 0 amide bonds. The summed E-state index contributed by atoms with van der Waals surface area (Å²) >= 11 is 0. The van der Waals surface area contributed by atoms with Crippen molar-refractivity contribution in [2.24, 2.45) is 5.92 Å². The molecule has 0 aliphatic rings. The molecule has 0 saturated carbocycles. The Morgan fingerprint density at radius 3 is 1.89 bits per heavy atom. The minimum atomic E-state index is -0.0486. The highest BCUT2D eigenvalue weighted by Crippen LogP contribution is 2.17. The van der Waals surface area contributed by atoms with Crippen molar-refractivity contribution in [1.82, 2.24) is 0 Å². The smallest absolute Gasteiger partial charge is 0.0542 e. The Morgan fingerprint density at radius 1 is 0.722 bits per heavy atom. The van der Waals surface area contributed by atoms with Crippen LogP contribution in [0.2, 0.25) is 0 Å². The molecule has 0 aliphatic heterocycles. The second-order valence-corrected chi connectivity index (χ2v) is 6.05. The fraction of sp³-hybridized carbons (Fsp3) is 1.00. The molecule has 0 rings (SSSR count). The molecule has 0 unspecified atom stereocenters. The molecular weight excluding hydrogens is 220 g/mol. The summed E-state index contributed by atoms with van der Waals surface area (Å²) in [5, 5.41) is 9.96. The van der Waals surface area contributed by atoms with Crippen LogP contribution in [0.4, 0.5) is 0 Å². The van der Waals surface area contributed by atoms with Crippen molar-refractivity contribution in [2.45, 2.75) is 104 Å². The lowest BCUT2D eigenvalue weighted by atomic mass is 9.95. The van der Waals surface area contributed by atoms with Crippen molar-refractivity contribution in [3.8, 4) is 0 Å². The first-order valence-electron chi connectivity index (χ1n) is 8.38. The second kappa shape index (κ2) is 13.4. The standard InChI is InChI=1S/C17H36O/c1-4-6-8-9-10-11-12-14-17(18)15-16(3)13-7-5-2/h16-18H,4-15H2,1-3H3/t16-,17-/m1/s1. The summed E-state index contributed by atoms with van der Waals surface area (Å²) in [4.78, 5) is 0. The third-order valence-corrected chi connectivity index (χ3v) is 3.87. The minimum absolute atomic E-state index is 0.0486. The molecule has 0 spiro atoms. The van der Waals surface area contributed by atoms with E-state index >= 15 is 0 Å². The number of hydrogen-bond donors (Lipinski definition) is 1. The van der Waals surface area contributed by atoms with Crippen molar-refractivity contribution in [3.63, 3.8) is 0 Å². The normalized spacial score (nSPS) is 14.7. The van der Waals surface area contributed by atoms with Crippen LogP contribution in [0.3, 0.4) is 0 Å². The van der Waals surface area contributed by atoms with Gasteiger partial charge in [0.15, 0.2) is 0 Å². The third kappa shape index (κ3) is 12.4. The van der Waals surface area contributed by atoms with Crippen LogP contribution in [-0.4, -0.2) is 11.2 Å². The molecule has 0 aromatic rings. The topological polar surface area (TPSA) is 20.2 Å². The summed E-state index contributed by atoms with van der Waals surface area (Å²) in [6.45, 7) is 6.78. The van der Waals surface area contributed by atoms with Crippen molar-refractivity contribution < 1.29 is 5.11 Å². The Balaban J connectivity index is 3.28. The first kappa shape index (κ1) is 18.0. The molecule has 0 bridgehead atoms. The van der Waals surface area contributed by atoms with Crippen molar-refractivity contribution in [2.75, 3.05) is 0 Å². The van der Waals surface area contributed by atoms with E-state index < -0.39 is 0 Å². The highest BCUT2D eigenvalue weighted by molar-refractivity contribution is 4.62. The summed E-state index contributed by atoms with van der Waals surface area (Å²) in [5.41, 5.74) is 0. The highest BCUT2D eigenvalue weighted by atomic mass is 16.3. The van der Waals surface area contributed by atoms with Gasteiger partial charge in [-0.3, -0.25) is 0 Å². The van der Waals surface area contributed by atoms with E-state index in [4.69, 9.17) is 0 Å². The van der Waals surface area contributed by atoms with Crippen LogP contribution in [0.5, 0.6) is 0 Å². The Bertz CT molecular complexity index is 156. The molecule has 1 heteroatoms. The molecule has 0 aromatic carbocycles. The van der Waals surface area contributed by atoms with E-state index in [9.17, 15) is 5.11 Å². The zero-order chi connectivity index (χ0) is 13.6. The largest absolute Gasteiger partial charge is 0.393 e. The van der Waals surface area contributed by atoms with Gasteiger partial charge in [0.1, 0.15) is 0 Å². The Kier molecular flexibility index (Phi) is 13.4. The molecule has 1 nitrogen and oxygen atoms in total. The van der Waals surface area contributed by atoms with Crippen molar-refractivity contribution >= 4 is 0 Å². The molecule has 0 heterocycles.